The van der Waals surface area contributed by atoms with Gasteiger partial charge in [-0.3, -0.25) is 0 Å². The zero-order valence-electron chi connectivity index (χ0n) is 15.6. The van der Waals surface area contributed by atoms with Crippen LogP contribution in [-0.2, 0) is 0 Å². The van der Waals surface area contributed by atoms with Crippen LogP contribution in [0.25, 0.3) is 0 Å². The molecule has 1 unspecified atom stereocenters. The molecule has 2 heterocycles. The van der Waals surface area contributed by atoms with Crippen LogP contribution in [0.3, 0.4) is 0 Å². The normalized spacial score (nSPS) is 15.3. The third-order valence-corrected chi connectivity index (χ3v) is 5.34. The van der Waals surface area contributed by atoms with Gasteiger partial charge >= 0.3 is 0 Å². The van der Waals surface area contributed by atoms with E-state index in [1.165, 1.54) is 5.69 Å². The van der Waals surface area contributed by atoms with E-state index in [0.29, 0.717) is 4.99 Å². The van der Waals surface area contributed by atoms with Crippen LogP contribution in [0.5, 0.6) is 0 Å². The lowest BCUT2D eigenvalue weighted by atomic mass is 9.95. The maximum absolute atomic E-state index is 6.00. The molecule has 6 heteroatoms. The van der Waals surface area contributed by atoms with Gasteiger partial charge in [0, 0.05) is 31.9 Å². The highest BCUT2D eigenvalue weighted by atomic mass is 32.1. The van der Waals surface area contributed by atoms with Crippen molar-refractivity contribution in [3.8, 4) is 0 Å². The van der Waals surface area contributed by atoms with Gasteiger partial charge in [-0.2, -0.15) is 5.10 Å². The SMILES string of the molecule is NC(=S)C(c1ccccc1)c1ccc(N2CCN(c3ccccc3)CC2)nn1. The second-order valence-electron chi connectivity index (χ2n) is 6.87. The van der Waals surface area contributed by atoms with E-state index in [2.05, 4.69) is 44.3 Å². The summed E-state index contributed by atoms with van der Waals surface area (Å²) in [5, 5.41) is 8.93. The minimum Gasteiger partial charge on any atom is -0.392 e. The predicted octanol–water partition coefficient (Wildman–Crippen LogP) is 3.22. The number of nitrogens with zero attached hydrogens (tertiary/aromatic N) is 4. The van der Waals surface area contributed by atoms with E-state index in [1.54, 1.807) is 0 Å². The Morgan fingerprint density at radius 2 is 1.39 bits per heavy atom. The van der Waals surface area contributed by atoms with Crippen molar-refractivity contribution in [3.63, 3.8) is 0 Å². The van der Waals surface area contributed by atoms with Crippen LogP contribution in [-0.4, -0.2) is 41.4 Å². The van der Waals surface area contributed by atoms with Crippen molar-refractivity contribution in [1.82, 2.24) is 10.2 Å². The monoisotopic (exact) mass is 389 g/mol. The van der Waals surface area contributed by atoms with Gasteiger partial charge in [-0.05, 0) is 29.8 Å². The van der Waals surface area contributed by atoms with Gasteiger partial charge in [0.25, 0.3) is 0 Å². The Labute approximate surface area is 170 Å². The average molecular weight is 390 g/mol. The number of benzene rings is 2. The Balaban J connectivity index is 1.46. The van der Waals surface area contributed by atoms with Crippen LogP contribution in [0, 0.1) is 0 Å². The molecule has 1 aliphatic rings. The van der Waals surface area contributed by atoms with E-state index in [4.69, 9.17) is 18.0 Å². The van der Waals surface area contributed by atoms with Crippen molar-refractivity contribution in [3.05, 3.63) is 84.1 Å². The van der Waals surface area contributed by atoms with Gasteiger partial charge < -0.3 is 15.5 Å². The predicted molar refractivity (Wildman–Crippen MR) is 118 cm³/mol. The number of thiocarbonyl (C=S) groups is 1. The van der Waals surface area contributed by atoms with Crippen molar-refractivity contribution in [1.29, 1.82) is 0 Å². The molecule has 0 radical (unpaired) electrons. The highest BCUT2D eigenvalue weighted by molar-refractivity contribution is 7.80. The molecule has 142 valence electrons. The van der Waals surface area contributed by atoms with Crippen LogP contribution < -0.4 is 15.5 Å². The van der Waals surface area contributed by atoms with Gasteiger partial charge in [-0.1, -0.05) is 60.7 Å². The topological polar surface area (TPSA) is 58.3 Å². The van der Waals surface area contributed by atoms with Crippen LogP contribution in [0.15, 0.2) is 72.8 Å². The molecule has 28 heavy (non-hydrogen) atoms. The van der Waals surface area contributed by atoms with Gasteiger partial charge in [-0.25, -0.2) is 0 Å². The largest absolute Gasteiger partial charge is 0.392 e. The molecular formula is C22H23N5S. The Hall–Kier alpha value is -2.99. The highest BCUT2D eigenvalue weighted by Gasteiger charge is 2.21. The molecule has 1 fully saturated rings. The molecular weight excluding hydrogens is 366 g/mol. The molecule has 2 aromatic carbocycles. The van der Waals surface area contributed by atoms with Crippen LogP contribution >= 0.6 is 12.2 Å². The van der Waals surface area contributed by atoms with Crippen LogP contribution in [0.1, 0.15) is 17.2 Å². The minimum absolute atomic E-state index is 0.215. The third-order valence-electron chi connectivity index (χ3n) is 5.11. The summed E-state index contributed by atoms with van der Waals surface area (Å²) in [4.78, 5) is 5.08. The summed E-state index contributed by atoms with van der Waals surface area (Å²) in [5.74, 6) is 0.680. The quantitative estimate of drug-likeness (QED) is 0.676. The summed E-state index contributed by atoms with van der Waals surface area (Å²) >= 11 is 5.29. The van der Waals surface area contributed by atoms with E-state index in [0.717, 1.165) is 43.3 Å². The summed E-state index contributed by atoms with van der Waals surface area (Å²) in [5.41, 5.74) is 9.09. The third kappa shape index (κ3) is 3.97. The second kappa shape index (κ2) is 8.35. The minimum atomic E-state index is -0.215. The molecule has 3 aromatic rings. The first-order chi connectivity index (χ1) is 13.7. The number of rotatable bonds is 5. The van der Waals surface area contributed by atoms with E-state index in [9.17, 15) is 0 Å². The van der Waals surface area contributed by atoms with Gasteiger partial charge in [0.2, 0.25) is 0 Å². The molecule has 1 aromatic heterocycles. The summed E-state index contributed by atoms with van der Waals surface area (Å²) in [6, 6.07) is 24.5. The molecule has 0 saturated carbocycles. The zero-order chi connectivity index (χ0) is 19.3. The van der Waals surface area contributed by atoms with Crippen molar-refractivity contribution >= 4 is 28.7 Å². The second-order valence-corrected chi connectivity index (χ2v) is 7.34. The molecule has 2 N–H and O–H groups in total. The van der Waals surface area contributed by atoms with Gasteiger partial charge in [-0.15, -0.1) is 5.10 Å². The van der Waals surface area contributed by atoms with Crippen molar-refractivity contribution < 1.29 is 0 Å². The van der Waals surface area contributed by atoms with Crippen molar-refractivity contribution in [2.75, 3.05) is 36.0 Å². The number of hydrogen-bond acceptors (Lipinski definition) is 5. The number of hydrogen-bond donors (Lipinski definition) is 1. The van der Waals surface area contributed by atoms with Crippen LogP contribution in [0.4, 0.5) is 11.5 Å². The Bertz CT molecular complexity index is 907. The molecule has 5 nitrogen and oxygen atoms in total. The van der Waals surface area contributed by atoms with Crippen molar-refractivity contribution in [2.24, 2.45) is 5.73 Å². The highest BCUT2D eigenvalue weighted by Crippen LogP contribution is 2.25. The molecule has 0 spiro atoms. The van der Waals surface area contributed by atoms with E-state index in [1.807, 2.05) is 48.5 Å². The number of piperazine rings is 1. The molecule has 0 aliphatic carbocycles. The average Bonchev–Trinajstić information content (AvgIpc) is 2.76. The number of aromatic nitrogens is 2. The van der Waals surface area contributed by atoms with E-state index >= 15 is 0 Å². The van der Waals surface area contributed by atoms with Crippen LogP contribution in [0.2, 0.25) is 0 Å². The summed E-state index contributed by atoms with van der Waals surface area (Å²) < 4.78 is 0. The Kier molecular flexibility index (Phi) is 5.48. The molecule has 0 bridgehead atoms. The summed E-state index contributed by atoms with van der Waals surface area (Å²) in [7, 11) is 0. The van der Waals surface area contributed by atoms with Gasteiger partial charge in [0.15, 0.2) is 5.82 Å². The molecule has 1 saturated heterocycles. The van der Waals surface area contributed by atoms with E-state index in [-0.39, 0.29) is 5.92 Å². The van der Waals surface area contributed by atoms with Crippen molar-refractivity contribution in [2.45, 2.75) is 5.92 Å². The fourth-order valence-electron chi connectivity index (χ4n) is 3.62. The lowest BCUT2D eigenvalue weighted by molar-refractivity contribution is 0.642. The van der Waals surface area contributed by atoms with Gasteiger partial charge in [0.1, 0.15) is 0 Å². The molecule has 4 rings (SSSR count). The van der Waals surface area contributed by atoms with E-state index < -0.39 is 0 Å². The molecule has 1 aliphatic heterocycles. The first-order valence-corrected chi connectivity index (χ1v) is 9.86. The first-order valence-electron chi connectivity index (χ1n) is 9.45. The number of nitrogens with two attached hydrogens (primary N) is 1. The first kappa shape index (κ1) is 18.4. The Morgan fingerprint density at radius 3 is 1.96 bits per heavy atom. The zero-order valence-corrected chi connectivity index (χ0v) is 16.4. The summed E-state index contributed by atoms with van der Waals surface area (Å²) in [6.07, 6.45) is 0. The maximum atomic E-state index is 6.00. The fraction of sp³-hybridized carbons (Fsp3) is 0.227. The van der Waals surface area contributed by atoms with Gasteiger partial charge in [0.05, 0.1) is 16.6 Å². The lowest BCUT2D eigenvalue weighted by Gasteiger charge is -2.36. The standard InChI is InChI=1S/C22H23N5S/c23-22(28)21(17-7-3-1-4-8-17)19-11-12-20(25-24-19)27-15-13-26(14-16-27)18-9-5-2-6-10-18/h1-12,21H,13-16H2,(H2,23,28). The maximum Gasteiger partial charge on any atom is 0.151 e. The Morgan fingerprint density at radius 1 is 0.786 bits per heavy atom. The molecule has 1 atom stereocenters. The molecule has 0 amide bonds. The number of para-hydroxylation sites is 1. The fourth-order valence-corrected chi connectivity index (χ4v) is 3.87. The number of anilines is 2. The summed E-state index contributed by atoms with van der Waals surface area (Å²) in [6.45, 7) is 3.76. The lowest BCUT2D eigenvalue weighted by Crippen LogP contribution is -2.46. The smallest absolute Gasteiger partial charge is 0.151 e.